The minimum Gasteiger partial charge on any atom is -0.314 e. The number of alkyl halides is 3. The highest BCUT2D eigenvalue weighted by Crippen LogP contribution is 2.40. The van der Waals surface area contributed by atoms with E-state index in [1.54, 1.807) is 0 Å². The minimum atomic E-state index is -4.84. The Hall–Kier alpha value is -1.41. The molecule has 1 aromatic heterocycles. The third-order valence-corrected chi connectivity index (χ3v) is 2.40. The maximum atomic E-state index is 12.7. The summed E-state index contributed by atoms with van der Waals surface area (Å²) in [4.78, 5) is 13.0. The largest absolute Gasteiger partial charge is 0.410 e. The van der Waals surface area contributed by atoms with Crippen molar-refractivity contribution >= 4 is 17.3 Å². The van der Waals surface area contributed by atoms with Gasteiger partial charge >= 0.3 is 6.18 Å². The van der Waals surface area contributed by atoms with Crippen molar-refractivity contribution in [2.24, 2.45) is 5.73 Å². The van der Waals surface area contributed by atoms with E-state index in [4.69, 9.17) is 17.3 Å². The maximum absolute atomic E-state index is 12.7. The second-order valence-corrected chi connectivity index (χ2v) is 3.87. The number of halogens is 4. The molecule has 0 aliphatic rings. The smallest absolute Gasteiger partial charge is 0.314 e. The van der Waals surface area contributed by atoms with E-state index < -0.39 is 27.9 Å². The number of aromatic nitrogens is 1. The number of rotatable bonds is 2. The van der Waals surface area contributed by atoms with Crippen molar-refractivity contribution in [3.8, 4) is 0 Å². The third-order valence-electron chi connectivity index (χ3n) is 2.19. The molecule has 1 atom stereocenters. The molecule has 0 aromatic carbocycles. The van der Waals surface area contributed by atoms with Crippen LogP contribution in [0, 0.1) is 10.1 Å². The van der Waals surface area contributed by atoms with Crippen molar-refractivity contribution in [2.45, 2.75) is 18.6 Å². The van der Waals surface area contributed by atoms with Crippen LogP contribution in [0.15, 0.2) is 12.3 Å². The lowest BCUT2D eigenvalue weighted by atomic mass is 9.92. The fourth-order valence-electron chi connectivity index (χ4n) is 1.14. The Labute approximate surface area is 98.5 Å². The molecule has 1 rings (SSSR count). The van der Waals surface area contributed by atoms with Crippen molar-refractivity contribution < 1.29 is 18.1 Å². The molecule has 0 radical (unpaired) electrons. The van der Waals surface area contributed by atoms with Crippen LogP contribution in [0.3, 0.4) is 0 Å². The van der Waals surface area contributed by atoms with Crippen molar-refractivity contribution in [2.75, 3.05) is 0 Å². The Morgan fingerprint density at radius 1 is 1.53 bits per heavy atom. The van der Waals surface area contributed by atoms with Gasteiger partial charge in [-0.1, -0.05) is 11.6 Å². The summed E-state index contributed by atoms with van der Waals surface area (Å²) in [5, 5.41) is 10.3. The van der Waals surface area contributed by atoms with E-state index in [0.717, 1.165) is 6.07 Å². The minimum absolute atomic E-state index is 0.300. The first-order chi connectivity index (χ1) is 7.57. The van der Waals surface area contributed by atoms with Gasteiger partial charge in [-0.3, -0.25) is 10.1 Å². The average Bonchev–Trinajstić information content (AvgIpc) is 2.15. The number of nitro groups is 1. The van der Waals surface area contributed by atoms with Gasteiger partial charge in [0, 0.05) is 0 Å². The molecule has 0 aliphatic carbocycles. The number of hydrogen-bond acceptors (Lipinski definition) is 4. The number of nitrogens with two attached hydrogens (primary N) is 1. The molecule has 0 saturated carbocycles. The second kappa shape index (κ2) is 4.11. The molecule has 0 spiro atoms. The molecule has 0 aliphatic heterocycles. The Kier molecular flexibility index (Phi) is 3.30. The first-order valence-electron chi connectivity index (χ1n) is 4.23. The molecule has 1 aromatic rings. The Bertz CT molecular complexity index is 462. The molecule has 0 amide bonds. The van der Waals surface area contributed by atoms with E-state index in [-0.39, 0.29) is 5.15 Å². The van der Waals surface area contributed by atoms with Crippen LogP contribution in [-0.4, -0.2) is 16.1 Å². The number of nitrogens with zero attached hydrogens (tertiary/aromatic N) is 2. The van der Waals surface area contributed by atoms with Crippen LogP contribution in [0.25, 0.3) is 0 Å². The zero-order valence-electron chi connectivity index (χ0n) is 8.45. The van der Waals surface area contributed by atoms with Gasteiger partial charge in [0.1, 0.15) is 16.9 Å². The van der Waals surface area contributed by atoms with Gasteiger partial charge in [-0.2, -0.15) is 13.2 Å². The van der Waals surface area contributed by atoms with Gasteiger partial charge < -0.3 is 5.73 Å². The third kappa shape index (κ3) is 2.47. The first-order valence-corrected chi connectivity index (χ1v) is 4.61. The highest BCUT2D eigenvalue weighted by Gasteiger charge is 2.52. The van der Waals surface area contributed by atoms with E-state index in [2.05, 4.69) is 4.98 Å². The zero-order chi connectivity index (χ0) is 13.4. The molecule has 1 heterocycles. The highest BCUT2D eigenvalue weighted by atomic mass is 35.5. The van der Waals surface area contributed by atoms with Crippen LogP contribution in [0.4, 0.5) is 18.9 Å². The normalized spacial score (nSPS) is 15.4. The highest BCUT2D eigenvalue weighted by molar-refractivity contribution is 6.29. The zero-order valence-corrected chi connectivity index (χ0v) is 9.21. The average molecular weight is 270 g/mol. The molecule has 94 valence electrons. The predicted octanol–water partition coefficient (Wildman–Crippen LogP) is 2.38. The molecule has 0 unspecified atom stereocenters. The van der Waals surface area contributed by atoms with E-state index in [1.165, 1.54) is 0 Å². The lowest BCUT2D eigenvalue weighted by Gasteiger charge is -2.27. The van der Waals surface area contributed by atoms with Crippen LogP contribution >= 0.6 is 11.6 Å². The van der Waals surface area contributed by atoms with Crippen molar-refractivity contribution in [1.29, 1.82) is 0 Å². The summed E-state index contributed by atoms with van der Waals surface area (Å²) in [7, 11) is 0. The lowest BCUT2D eigenvalue weighted by Crippen LogP contribution is -2.48. The summed E-state index contributed by atoms with van der Waals surface area (Å²) >= 11 is 5.42. The molecule has 0 saturated heterocycles. The SMILES string of the molecule is C[C@@](N)(c1cc(Cl)ncc1[N+](=O)[O-])C(F)(F)F. The monoisotopic (exact) mass is 269 g/mol. The molecule has 0 fully saturated rings. The van der Waals surface area contributed by atoms with E-state index >= 15 is 0 Å². The van der Waals surface area contributed by atoms with E-state index in [1.807, 2.05) is 0 Å². The quantitative estimate of drug-likeness (QED) is 0.508. The molecule has 0 bridgehead atoms. The summed E-state index contributed by atoms with van der Waals surface area (Å²) in [6, 6.07) is 0.743. The Balaban J connectivity index is 3.49. The molecular weight excluding hydrogens is 263 g/mol. The van der Waals surface area contributed by atoms with E-state index in [0.29, 0.717) is 13.1 Å². The van der Waals surface area contributed by atoms with Gasteiger partial charge in [0.05, 0.1) is 10.5 Å². The molecule has 17 heavy (non-hydrogen) atoms. The standard InChI is InChI=1S/C8H7ClF3N3O2/c1-7(13,8(10,11)12)4-2-6(9)14-3-5(4)15(16)17/h2-3H,13H2,1H3/t7-/m1/s1. The number of hydrogen-bond donors (Lipinski definition) is 1. The predicted molar refractivity (Wildman–Crippen MR) is 53.5 cm³/mol. The van der Waals surface area contributed by atoms with Gasteiger partial charge in [0.25, 0.3) is 5.69 Å². The summed E-state index contributed by atoms with van der Waals surface area (Å²) in [5.41, 5.74) is 0.684. The van der Waals surface area contributed by atoms with Crippen LogP contribution in [0.1, 0.15) is 12.5 Å². The van der Waals surface area contributed by atoms with Gasteiger partial charge in [-0.15, -0.1) is 0 Å². The molecule has 9 heteroatoms. The van der Waals surface area contributed by atoms with Crippen molar-refractivity contribution in [3.05, 3.63) is 33.1 Å². The summed E-state index contributed by atoms with van der Waals surface area (Å²) in [6.07, 6.45) is -4.20. The maximum Gasteiger partial charge on any atom is 0.410 e. The Morgan fingerprint density at radius 3 is 2.47 bits per heavy atom. The lowest BCUT2D eigenvalue weighted by molar-refractivity contribution is -0.387. The molecule has 5 nitrogen and oxygen atoms in total. The van der Waals surface area contributed by atoms with E-state index in [9.17, 15) is 23.3 Å². The summed E-state index contributed by atoms with van der Waals surface area (Å²) < 4.78 is 38.0. The topological polar surface area (TPSA) is 82.0 Å². The van der Waals surface area contributed by atoms with Gasteiger partial charge in [-0.25, -0.2) is 4.98 Å². The van der Waals surface area contributed by atoms with Gasteiger partial charge in [-0.05, 0) is 13.0 Å². The summed E-state index contributed by atoms with van der Waals surface area (Å²) in [6.45, 7) is 0.631. The van der Waals surface area contributed by atoms with Gasteiger partial charge in [0.2, 0.25) is 0 Å². The summed E-state index contributed by atoms with van der Waals surface area (Å²) in [5.74, 6) is 0. The van der Waals surface area contributed by atoms with Crippen LogP contribution in [0.5, 0.6) is 0 Å². The number of pyridine rings is 1. The first kappa shape index (κ1) is 13.7. The van der Waals surface area contributed by atoms with Crippen molar-refractivity contribution in [1.82, 2.24) is 4.98 Å². The van der Waals surface area contributed by atoms with Crippen LogP contribution in [0.2, 0.25) is 5.15 Å². The Morgan fingerprint density at radius 2 is 2.06 bits per heavy atom. The second-order valence-electron chi connectivity index (χ2n) is 3.48. The van der Waals surface area contributed by atoms with Crippen LogP contribution < -0.4 is 5.73 Å². The molecular formula is C8H7ClF3N3O2. The fourth-order valence-corrected chi connectivity index (χ4v) is 1.29. The fraction of sp³-hybridized carbons (Fsp3) is 0.375. The van der Waals surface area contributed by atoms with Crippen LogP contribution in [-0.2, 0) is 5.54 Å². The van der Waals surface area contributed by atoms with Gasteiger partial charge in [0.15, 0.2) is 0 Å². The molecule has 2 N–H and O–H groups in total. The van der Waals surface area contributed by atoms with Crippen molar-refractivity contribution in [3.63, 3.8) is 0 Å².